The van der Waals surface area contributed by atoms with Gasteiger partial charge < -0.3 is 10.5 Å². The van der Waals surface area contributed by atoms with Crippen molar-refractivity contribution in [3.05, 3.63) is 21.9 Å². The summed E-state index contributed by atoms with van der Waals surface area (Å²) in [5, 5.41) is 17.3. The number of rotatable bonds is 2. The van der Waals surface area contributed by atoms with E-state index in [4.69, 9.17) is 10.5 Å². The standard InChI is InChI=1S/C6H7NOS/c7-2-5-1-6(3-8)9-4-5/h1-2,4,7-8H,3H2. The number of hydrogen-bond donors (Lipinski definition) is 2. The van der Waals surface area contributed by atoms with Crippen LogP contribution < -0.4 is 0 Å². The van der Waals surface area contributed by atoms with Crippen molar-refractivity contribution >= 4 is 17.6 Å². The van der Waals surface area contributed by atoms with Crippen molar-refractivity contribution in [2.45, 2.75) is 6.61 Å². The van der Waals surface area contributed by atoms with Crippen LogP contribution in [0, 0.1) is 5.41 Å². The van der Waals surface area contributed by atoms with Gasteiger partial charge in [0.1, 0.15) is 0 Å². The van der Waals surface area contributed by atoms with Gasteiger partial charge in [-0.2, -0.15) is 0 Å². The Balaban J connectivity index is 2.86. The van der Waals surface area contributed by atoms with Gasteiger partial charge in [0, 0.05) is 16.7 Å². The number of hydrogen-bond acceptors (Lipinski definition) is 3. The largest absolute Gasteiger partial charge is 0.391 e. The summed E-state index contributed by atoms with van der Waals surface area (Å²) >= 11 is 1.47. The quantitative estimate of drug-likeness (QED) is 0.598. The topological polar surface area (TPSA) is 44.1 Å². The molecule has 0 atom stereocenters. The summed E-state index contributed by atoms with van der Waals surface area (Å²) in [5.41, 5.74) is 0.865. The van der Waals surface area contributed by atoms with E-state index in [1.54, 1.807) is 6.07 Å². The van der Waals surface area contributed by atoms with E-state index >= 15 is 0 Å². The molecule has 2 N–H and O–H groups in total. The molecule has 0 bridgehead atoms. The van der Waals surface area contributed by atoms with Crippen molar-refractivity contribution < 1.29 is 5.11 Å². The first-order valence-corrected chi connectivity index (χ1v) is 3.43. The lowest BCUT2D eigenvalue weighted by atomic mass is 10.3. The van der Waals surface area contributed by atoms with E-state index in [2.05, 4.69) is 0 Å². The fourth-order valence-corrected chi connectivity index (χ4v) is 1.26. The second kappa shape index (κ2) is 2.75. The number of aliphatic hydroxyl groups excluding tert-OH is 1. The lowest BCUT2D eigenvalue weighted by Crippen LogP contribution is -1.73. The second-order valence-corrected chi connectivity index (χ2v) is 2.64. The summed E-state index contributed by atoms with van der Waals surface area (Å²) in [6.07, 6.45) is 1.27. The maximum absolute atomic E-state index is 8.58. The van der Waals surface area contributed by atoms with Crippen LogP contribution in [-0.2, 0) is 6.61 Å². The lowest BCUT2D eigenvalue weighted by Gasteiger charge is -1.80. The molecule has 0 saturated carbocycles. The van der Waals surface area contributed by atoms with Gasteiger partial charge in [-0.25, -0.2) is 0 Å². The molecule has 1 rings (SSSR count). The zero-order chi connectivity index (χ0) is 6.69. The van der Waals surface area contributed by atoms with E-state index in [9.17, 15) is 0 Å². The smallest absolute Gasteiger partial charge is 0.0774 e. The van der Waals surface area contributed by atoms with Crippen molar-refractivity contribution in [2.24, 2.45) is 0 Å². The highest BCUT2D eigenvalue weighted by Gasteiger charge is 1.93. The molecule has 1 aromatic rings. The summed E-state index contributed by atoms with van der Waals surface area (Å²) in [7, 11) is 0. The summed E-state index contributed by atoms with van der Waals surface area (Å²) in [6, 6.07) is 1.80. The molecule has 0 aliphatic rings. The molecule has 0 spiro atoms. The van der Waals surface area contributed by atoms with E-state index in [-0.39, 0.29) is 6.61 Å². The normalized spacial score (nSPS) is 9.44. The Labute approximate surface area is 57.3 Å². The summed E-state index contributed by atoms with van der Waals surface area (Å²) in [5.74, 6) is 0. The van der Waals surface area contributed by atoms with Crippen LogP contribution in [0.3, 0.4) is 0 Å². The van der Waals surface area contributed by atoms with Crippen molar-refractivity contribution in [1.82, 2.24) is 0 Å². The minimum absolute atomic E-state index is 0.0819. The van der Waals surface area contributed by atoms with Crippen molar-refractivity contribution in [3.63, 3.8) is 0 Å². The van der Waals surface area contributed by atoms with Gasteiger partial charge in [0.15, 0.2) is 0 Å². The van der Waals surface area contributed by atoms with Gasteiger partial charge in [0.05, 0.1) is 6.61 Å². The predicted octanol–water partition coefficient (Wildman–Crippen LogP) is 1.24. The third kappa shape index (κ3) is 1.37. The van der Waals surface area contributed by atoms with E-state index in [0.717, 1.165) is 10.4 Å². The van der Waals surface area contributed by atoms with E-state index in [0.29, 0.717) is 0 Å². The Morgan fingerprint density at radius 2 is 2.56 bits per heavy atom. The molecule has 0 radical (unpaired) electrons. The number of nitrogens with one attached hydrogen (secondary N) is 1. The number of aliphatic hydroxyl groups is 1. The van der Waals surface area contributed by atoms with E-state index in [1.165, 1.54) is 17.6 Å². The van der Waals surface area contributed by atoms with Crippen LogP contribution in [0.15, 0.2) is 11.4 Å². The highest BCUT2D eigenvalue weighted by Crippen LogP contribution is 2.11. The molecule has 0 fully saturated rings. The minimum Gasteiger partial charge on any atom is -0.391 e. The summed E-state index contributed by atoms with van der Waals surface area (Å²) < 4.78 is 0. The molecule has 0 aliphatic heterocycles. The average Bonchev–Trinajstić information content (AvgIpc) is 2.34. The lowest BCUT2D eigenvalue weighted by molar-refractivity contribution is 0.285. The van der Waals surface area contributed by atoms with Gasteiger partial charge in [0.2, 0.25) is 0 Å². The molecule has 48 valence electrons. The average molecular weight is 141 g/mol. The third-order valence-corrected chi connectivity index (χ3v) is 1.94. The van der Waals surface area contributed by atoms with Crippen molar-refractivity contribution in [3.8, 4) is 0 Å². The Morgan fingerprint density at radius 3 is 2.89 bits per heavy atom. The van der Waals surface area contributed by atoms with Gasteiger partial charge in [-0.05, 0) is 11.4 Å². The predicted molar refractivity (Wildman–Crippen MR) is 38.1 cm³/mol. The maximum atomic E-state index is 8.58. The van der Waals surface area contributed by atoms with Gasteiger partial charge in [-0.15, -0.1) is 11.3 Å². The highest BCUT2D eigenvalue weighted by atomic mass is 32.1. The monoisotopic (exact) mass is 141 g/mol. The molecule has 9 heavy (non-hydrogen) atoms. The third-order valence-electron chi connectivity index (χ3n) is 0.997. The fraction of sp³-hybridized carbons (Fsp3) is 0.167. The Hall–Kier alpha value is -0.670. The fourth-order valence-electron chi connectivity index (χ4n) is 0.556. The van der Waals surface area contributed by atoms with Crippen LogP contribution in [0.4, 0.5) is 0 Å². The molecular weight excluding hydrogens is 134 g/mol. The molecule has 0 aromatic carbocycles. The molecular formula is C6H7NOS. The Bertz CT molecular complexity index is 207. The van der Waals surface area contributed by atoms with Crippen LogP contribution >= 0.6 is 11.3 Å². The van der Waals surface area contributed by atoms with Crippen LogP contribution in [0.5, 0.6) is 0 Å². The van der Waals surface area contributed by atoms with Gasteiger partial charge >= 0.3 is 0 Å². The second-order valence-electron chi connectivity index (χ2n) is 1.65. The molecule has 0 saturated heterocycles. The molecule has 0 amide bonds. The first-order valence-electron chi connectivity index (χ1n) is 2.55. The van der Waals surface area contributed by atoms with E-state index < -0.39 is 0 Å². The van der Waals surface area contributed by atoms with Crippen molar-refractivity contribution in [1.29, 1.82) is 5.41 Å². The zero-order valence-corrected chi connectivity index (χ0v) is 5.61. The van der Waals surface area contributed by atoms with Gasteiger partial charge in [0.25, 0.3) is 0 Å². The molecule has 2 nitrogen and oxygen atoms in total. The molecule has 1 heterocycles. The van der Waals surface area contributed by atoms with Crippen LogP contribution in [0.1, 0.15) is 10.4 Å². The molecule has 3 heteroatoms. The van der Waals surface area contributed by atoms with Gasteiger partial charge in [-0.1, -0.05) is 0 Å². The Morgan fingerprint density at radius 1 is 1.78 bits per heavy atom. The van der Waals surface area contributed by atoms with Crippen LogP contribution in [-0.4, -0.2) is 11.3 Å². The van der Waals surface area contributed by atoms with Crippen LogP contribution in [0.25, 0.3) is 0 Å². The van der Waals surface area contributed by atoms with E-state index in [1.807, 2.05) is 5.38 Å². The Kier molecular flexibility index (Phi) is 1.97. The highest BCUT2D eigenvalue weighted by molar-refractivity contribution is 7.10. The minimum atomic E-state index is 0.0819. The molecule has 1 aromatic heterocycles. The zero-order valence-electron chi connectivity index (χ0n) is 4.79. The summed E-state index contributed by atoms with van der Waals surface area (Å²) in [4.78, 5) is 0.911. The maximum Gasteiger partial charge on any atom is 0.0774 e. The van der Waals surface area contributed by atoms with Crippen molar-refractivity contribution in [2.75, 3.05) is 0 Å². The number of thiophene rings is 1. The SMILES string of the molecule is N=Cc1csc(CO)c1. The van der Waals surface area contributed by atoms with Gasteiger partial charge in [-0.3, -0.25) is 0 Å². The molecule has 0 aliphatic carbocycles. The summed E-state index contributed by atoms with van der Waals surface area (Å²) in [6.45, 7) is 0.0819. The molecule has 0 unspecified atom stereocenters. The first kappa shape index (κ1) is 6.45. The van der Waals surface area contributed by atoms with Crippen LogP contribution in [0.2, 0.25) is 0 Å². The first-order chi connectivity index (χ1) is 4.36.